The largest absolute Gasteiger partial charge is 0.445 e. The van der Waals surface area contributed by atoms with Crippen molar-refractivity contribution in [3.63, 3.8) is 0 Å². The van der Waals surface area contributed by atoms with Gasteiger partial charge in [0.2, 0.25) is 0 Å². The molecule has 0 spiro atoms. The van der Waals surface area contributed by atoms with E-state index in [0.29, 0.717) is 0 Å². The van der Waals surface area contributed by atoms with Gasteiger partial charge in [-0.15, -0.1) is 0 Å². The van der Waals surface area contributed by atoms with Crippen LogP contribution in [0.4, 0.5) is 4.79 Å². The Morgan fingerprint density at radius 3 is 2.82 bits per heavy atom. The molecule has 1 aliphatic heterocycles. The van der Waals surface area contributed by atoms with Gasteiger partial charge in [0.05, 0.1) is 0 Å². The first-order chi connectivity index (χ1) is 5.20. The Morgan fingerprint density at radius 2 is 2.36 bits per heavy atom. The highest BCUT2D eigenvalue weighted by molar-refractivity contribution is 5.67. The van der Waals surface area contributed by atoms with Crippen molar-refractivity contribution in [1.82, 2.24) is 10.2 Å². The smallest absolute Gasteiger partial charge is 0.409 e. The number of nitrogens with zero attached hydrogens (tertiary/aromatic N) is 1. The molecular weight excluding hydrogens is 144 g/mol. The Kier molecular flexibility index (Phi) is 2.70. The Bertz CT molecular complexity index is 141. The molecule has 1 heterocycles. The highest BCUT2D eigenvalue weighted by atomic mass is 16.6. The molecule has 0 aromatic carbocycles. The van der Waals surface area contributed by atoms with Crippen LogP contribution < -0.4 is 5.32 Å². The van der Waals surface area contributed by atoms with E-state index in [1.165, 1.54) is 4.90 Å². The van der Waals surface area contributed by atoms with Crippen molar-refractivity contribution in [3.8, 4) is 0 Å². The molecule has 1 N–H and O–H groups in total. The van der Waals surface area contributed by atoms with E-state index in [1.54, 1.807) is 14.1 Å². The summed E-state index contributed by atoms with van der Waals surface area (Å²) in [5.74, 6) is 0. The molecule has 1 unspecified atom stereocenters. The van der Waals surface area contributed by atoms with Crippen molar-refractivity contribution in [2.75, 3.05) is 27.2 Å². The van der Waals surface area contributed by atoms with Gasteiger partial charge in [-0.1, -0.05) is 0 Å². The monoisotopic (exact) mass is 158 g/mol. The van der Waals surface area contributed by atoms with Crippen LogP contribution in [0.15, 0.2) is 0 Å². The maximum absolute atomic E-state index is 11.0. The molecule has 4 heteroatoms. The predicted octanol–water partition coefficient (Wildman–Crippen LogP) is 0.0465. The maximum atomic E-state index is 11.0. The minimum Gasteiger partial charge on any atom is -0.445 e. The molecule has 1 aliphatic rings. The van der Waals surface area contributed by atoms with E-state index >= 15 is 0 Å². The van der Waals surface area contributed by atoms with Crippen LogP contribution in [0.5, 0.6) is 0 Å². The van der Waals surface area contributed by atoms with Crippen molar-refractivity contribution in [3.05, 3.63) is 0 Å². The van der Waals surface area contributed by atoms with Gasteiger partial charge in [0, 0.05) is 20.6 Å². The third-order valence-corrected chi connectivity index (χ3v) is 1.65. The summed E-state index contributed by atoms with van der Waals surface area (Å²) in [6, 6.07) is 0. The minimum atomic E-state index is -0.251. The van der Waals surface area contributed by atoms with Gasteiger partial charge in [0.1, 0.15) is 6.10 Å². The fourth-order valence-corrected chi connectivity index (χ4v) is 0.977. The van der Waals surface area contributed by atoms with E-state index < -0.39 is 0 Å². The first-order valence-corrected chi connectivity index (χ1v) is 3.79. The van der Waals surface area contributed by atoms with E-state index in [-0.39, 0.29) is 12.2 Å². The third kappa shape index (κ3) is 2.38. The lowest BCUT2D eigenvalue weighted by molar-refractivity contribution is 0.0832. The molecule has 0 aliphatic carbocycles. The summed E-state index contributed by atoms with van der Waals surface area (Å²) in [5, 5.41) is 3.12. The van der Waals surface area contributed by atoms with Gasteiger partial charge in [-0.3, -0.25) is 0 Å². The van der Waals surface area contributed by atoms with Crippen molar-refractivity contribution >= 4 is 6.09 Å². The molecule has 1 rings (SSSR count). The summed E-state index contributed by atoms with van der Waals surface area (Å²) in [6.45, 7) is 1.74. The third-order valence-electron chi connectivity index (χ3n) is 1.65. The number of hydrogen-bond donors (Lipinski definition) is 1. The van der Waals surface area contributed by atoms with Crippen LogP contribution in [0.3, 0.4) is 0 Å². The van der Waals surface area contributed by atoms with Crippen molar-refractivity contribution in [2.45, 2.75) is 12.5 Å². The van der Waals surface area contributed by atoms with Crippen LogP contribution in [0.25, 0.3) is 0 Å². The van der Waals surface area contributed by atoms with Gasteiger partial charge in [0.25, 0.3) is 0 Å². The SMILES string of the molecule is CN(C)C(=O)OC1CCNC1. The highest BCUT2D eigenvalue weighted by Gasteiger charge is 2.19. The second-order valence-electron chi connectivity index (χ2n) is 2.89. The molecule has 0 aromatic heterocycles. The number of rotatable bonds is 1. The number of ether oxygens (including phenoxy) is 1. The summed E-state index contributed by atoms with van der Waals surface area (Å²) in [6.07, 6.45) is 0.753. The summed E-state index contributed by atoms with van der Waals surface area (Å²) in [7, 11) is 3.37. The normalized spacial score (nSPS) is 23.3. The Hall–Kier alpha value is -0.770. The molecule has 1 fully saturated rings. The maximum Gasteiger partial charge on any atom is 0.409 e. The fraction of sp³-hybridized carbons (Fsp3) is 0.857. The van der Waals surface area contributed by atoms with Crippen LogP contribution in [0.1, 0.15) is 6.42 Å². The number of amides is 1. The summed E-state index contributed by atoms with van der Waals surface area (Å²) in [4.78, 5) is 12.4. The zero-order valence-corrected chi connectivity index (χ0v) is 6.96. The molecule has 0 aromatic rings. The summed E-state index contributed by atoms with van der Waals surface area (Å²) >= 11 is 0. The van der Waals surface area contributed by atoms with Crippen LogP contribution >= 0.6 is 0 Å². The van der Waals surface area contributed by atoms with E-state index in [0.717, 1.165) is 19.5 Å². The standard InChI is InChI=1S/C7H14N2O2/c1-9(2)7(10)11-6-3-4-8-5-6/h6,8H,3-5H2,1-2H3. The molecule has 0 bridgehead atoms. The van der Waals surface area contributed by atoms with Crippen LogP contribution in [-0.4, -0.2) is 44.3 Å². The summed E-state index contributed by atoms with van der Waals surface area (Å²) in [5.41, 5.74) is 0. The zero-order chi connectivity index (χ0) is 8.27. The summed E-state index contributed by atoms with van der Waals surface area (Å²) < 4.78 is 5.10. The van der Waals surface area contributed by atoms with Crippen molar-refractivity contribution in [2.24, 2.45) is 0 Å². The molecule has 1 amide bonds. The zero-order valence-electron chi connectivity index (χ0n) is 6.96. The lowest BCUT2D eigenvalue weighted by Gasteiger charge is -2.14. The van der Waals surface area contributed by atoms with E-state index in [9.17, 15) is 4.79 Å². The van der Waals surface area contributed by atoms with Gasteiger partial charge >= 0.3 is 6.09 Å². The quantitative estimate of drug-likeness (QED) is 0.586. The number of nitrogens with one attached hydrogen (secondary N) is 1. The molecule has 1 atom stereocenters. The van der Waals surface area contributed by atoms with Crippen LogP contribution in [-0.2, 0) is 4.74 Å². The first kappa shape index (κ1) is 8.33. The van der Waals surface area contributed by atoms with Crippen molar-refractivity contribution in [1.29, 1.82) is 0 Å². The number of carbonyl (C=O) groups is 1. The molecule has 0 saturated carbocycles. The van der Waals surface area contributed by atoms with Gasteiger partial charge in [0.15, 0.2) is 0 Å². The van der Waals surface area contributed by atoms with Crippen LogP contribution in [0.2, 0.25) is 0 Å². The van der Waals surface area contributed by atoms with Crippen LogP contribution in [0, 0.1) is 0 Å². The lowest BCUT2D eigenvalue weighted by atomic mass is 10.3. The highest BCUT2D eigenvalue weighted by Crippen LogP contribution is 2.04. The van der Waals surface area contributed by atoms with E-state index in [4.69, 9.17) is 4.74 Å². The van der Waals surface area contributed by atoms with E-state index in [2.05, 4.69) is 5.32 Å². The van der Waals surface area contributed by atoms with Crippen molar-refractivity contribution < 1.29 is 9.53 Å². The van der Waals surface area contributed by atoms with Gasteiger partial charge in [-0.05, 0) is 13.0 Å². The number of carbonyl (C=O) groups excluding carboxylic acids is 1. The molecule has 0 radical (unpaired) electrons. The van der Waals surface area contributed by atoms with Gasteiger partial charge < -0.3 is 15.0 Å². The molecule has 1 saturated heterocycles. The average Bonchev–Trinajstić information content (AvgIpc) is 2.39. The average molecular weight is 158 g/mol. The Balaban J connectivity index is 2.24. The lowest BCUT2D eigenvalue weighted by Crippen LogP contribution is -2.29. The Morgan fingerprint density at radius 1 is 1.64 bits per heavy atom. The topological polar surface area (TPSA) is 41.6 Å². The second-order valence-corrected chi connectivity index (χ2v) is 2.89. The predicted molar refractivity (Wildman–Crippen MR) is 41.4 cm³/mol. The molecule has 4 nitrogen and oxygen atoms in total. The molecule has 11 heavy (non-hydrogen) atoms. The van der Waals surface area contributed by atoms with Gasteiger partial charge in [-0.25, -0.2) is 4.79 Å². The molecular formula is C7H14N2O2. The number of hydrogen-bond acceptors (Lipinski definition) is 3. The fourth-order valence-electron chi connectivity index (χ4n) is 0.977. The van der Waals surface area contributed by atoms with E-state index in [1.807, 2.05) is 0 Å². The van der Waals surface area contributed by atoms with Gasteiger partial charge in [-0.2, -0.15) is 0 Å². The molecule has 64 valence electrons. The minimum absolute atomic E-state index is 0.0740. The first-order valence-electron chi connectivity index (χ1n) is 3.79. The second kappa shape index (κ2) is 3.57. The Labute approximate surface area is 66.5 Å².